The largest absolute Gasteiger partial charge is 0.382 e. The van der Waals surface area contributed by atoms with E-state index in [0.29, 0.717) is 5.00 Å². The van der Waals surface area contributed by atoms with Crippen molar-refractivity contribution in [3.63, 3.8) is 0 Å². The number of anilines is 2. The summed E-state index contributed by atoms with van der Waals surface area (Å²) >= 11 is 2.92. The molecule has 1 aliphatic rings. The summed E-state index contributed by atoms with van der Waals surface area (Å²) in [5.74, 6) is 0.110. The van der Waals surface area contributed by atoms with Crippen molar-refractivity contribution in [3.05, 3.63) is 21.9 Å². The molecule has 8 heteroatoms. The van der Waals surface area contributed by atoms with Crippen LogP contribution in [0.15, 0.2) is 16.3 Å². The second kappa shape index (κ2) is 4.46. The summed E-state index contributed by atoms with van der Waals surface area (Å²) in [5, 5.41) is 2.74. The maximum absolute atomic E-state index is 11.8. The predicted molar refractivity (Wildman–Crippen MR) is 78.7 cm³/mol. The topological polar surface area (TPSA) is 76.3 Å². The number of aromatic nitrogens is 1. The van der Waals surface area contributed by atoms with Crippen LogP contribution in [0.3, 0.4) is 0 Å². The molecule has 3 rings (SSSR count). The number of hydrogen-bond donors (Lipinski definition) is 1. The number of nitrogen functional groups attached to an aromatic ring is 1. The molecule has 0 spiro atoms. The number of sulfone groups is 1. The molecule has 0 fully saturated rings. The van der Waals surface area contributed by atoms with Crippen molar-refractivity contribution >= 4 is 43.5 Å². The monoisotopic (exact) mass is 315 g/mol. The highest BCUT2D eigenvalue weighted by atomic mass is 32.2. The van der Waals surface area contributed by atoms with E-state index in [1.54, 1.807) is 11.3 Å². The summed E-state index contributed by atoms with van der Waals surface area (Å²) in [7, 11) is -3.35. The minimum absolute atomic E-state index is 0.110. The fourth-order valence-electron chi connectivity index (χ4n) is 2.26. The molecule has 0 atom stereocenters. The molecule has 0 bridgehead atoms. The van der Waals surface area contributed by atoms with Gasteiger partial charge in [-0.15, -0.1) is 11.3 Å². The van der Waals surface area contributed by atoms with E-state index in [1.807, 2.05) is 0 Å². The third-order valence-corrected chi connectivity index (χ3v) is 6.34. The summed E-state index contributed by atoms with van der Waals surface area (Å²) in [4.78, 5) is 3.62. The molecule has 19 heavy (non-hydrogen) atoms. The fourth-order valence-corrected chi connectivity index (χ4v) is 5.38. The molecule has 0 aromatic carbocycles. The molecular formula is C11H13N3O2S3. The summed E-state index contributed by atoms with van der Waals surface area (Å²) in [6.07, 6.45) is 2.12. The van der Waals surface area contributed by atoms with Gasteiger partial charge in [-0.3, -0.25) is 0 Å². The zero-order valence-electron chi connectivity index (χ0n) is 10.3. The van der Waals surface area contributed by atoms with E-state index in [-0.39, 0.29) is 10.7 Å². The summed E-state index contributed by atoms with van der Waals surface area (Å²) in [6.45, 7) is 1.53. The summed E-state index contributed by atoms with van der Waals surface area (Å²) < 4.78 is 27.7. The molecule has 2 N–H and O–H groups in total. The minimum Gasteiger partial charge on any atom is -0.382 e. The number of nitrogens with two attached hydrogens (primary N) is 1. The minimum atomic E-state index is -3.35. The molecular weight excluding hydrogens is 302 g/mol. The van der Waals surface area contributed by atoms with Crippen LogP contribution in [0.4, 0.5) is 10.8 Å². The highest BCUT2D eigenvalue weighted by molar-refractivity contribution is 7.91. The van der Waals surface area contributed by atoms with Crippen LogP contribution < -0.4 is 10.6 Å². The van der Waals surface area contributed by atoms with Gasteiger partial charge in [0.25, 0.3) is 0 Å². The number of hydrogen-bond acceptors (Lipinski definition) is 7. The number of nitrogens with zero attached hydrogens (tertiary/aromatic N) is 2. The highest BCUT2D eigenvalue weighted by Gasteiger charge is 2.27. The van der Waals surface area contributed by atoms with Gasteiger partial charge < -0.3 is 10.6 Å². The third-order valence-electron chi connectivity index (χ3n) is 3.12. The Balaban J connectivity index is 2.01. The molecule has 0 amide bonds. The van der Waals surface area contributed by atoms with E-state index in [1.165, 1.54) is 16.7 Å². The molecule has 0 unspecified atom stereocenters. The lowest BCUT2D eigenvalue weighted by atomic mass is 10.1. The standard InChI is InChI=1S/C11H13N3O2S3/c1-19(15,16)9-10(12)13-18-11(9)14-4-2-8-7(6-14)3-5-17-8/h3,5H,2,4,6H2,1H3,(H2,12,13). The molecule has 5 nitrogen and oxygen atoms in total. The Labute approximate surface area is 119 Å². The first-order chi connectivity index (χ1) is 8.97. The Kier molecular flexibility index (Phi) is 3.03. The second-order valence-corrected chi connectivity index (χ2v) is 8.22. The van der Waals surface area contributed by atoms with Gasteiger partial charge in [0.05, 0.1) is 0 Å². The average molecular weight is 315 g/mol. The van der Waals surface area contributed by atoms with Crippen molar-refractivity contribution < 1.29 is 8.42 Å². The molecule has 102 valence electrons. The first-order valence-corrected chi connectivity index (χ1v) is 9.26. The average Bonchev–Trinajstić information content (AvgIpc) is 2.92. The Hall–Kier alpha value is -1.12. The lowest BCUT2D eigenvalue weighted by molar-refractivity contribution is 0.601. The number of thiophene rings is 1. The first kappa shape index (κ1) is 12.9. The summed E-state index contributed by atoms with van der Waals surface area (Å²) in [6, 6.07) is 2.09. The molecule has 0 radical (unpaired) electrons. The Bertz CT molecular complexity index is 717. The van der Waals surface area contributed by atoms with Crippen molar-refractivity contribution in [1.82, 2.24) is 4.37 Å². The lowest BCUT2D eigenvalue weighted by Crippen LogP contribution is -2.29. The normalized spacial score (nSPS) is 15.5. The van der Waals surface area contributed by atoms with Gasteiger partial charge in [-0.05, 0) is 35.0 Å². The van der Waals surface area contributed by atoms with Crippen LogP contribution in [0, 0.1) is 0 Å². The van der Waals surface area contributed by atoms with Crippen LogP contribution in [0.1, 0.15) is 10.4 Å². The quantitative estimate of drug-likeness (QED) is 0.914. The number of rotatable bonds is 2. The van der Waals surface area contributed by atoms with Gasteiger partial charge in [0.1, 0.15) is 9.90 Å². The molecule has 1 aliphatic heterocycles. The van der Waals surface area contributed by atoms with Gasteiger partial charge in [0.15, 0.2) is 15.7 Å². The zero-order valence-corrected chi connectivity index (χ0v) is 12.7. The van der Waals surface area contributed by atoms with E-state index in [4.69, 9.17) is 5.73 Å². The fraction of sp³-hybridized carbons (Fsp3) is 0.364. The van der Waals surface area contributed by atoms with Crippen molar-refractivity contribution in [1.29, 1.82) is 0 Å². The SMILES string of the molecule is CS(=O)(=O)c1c(N)nsc1N1CCc2sccc2C1. The molecule has 0 saturated carbocycles. The van der Waals surface area contributed by atoms with Crippen molar-refractivity contribution in [3.8, 4) is 0 Å². The number of fused-ring (bicyclic) bond motifs is 1. The maximum Gasteiger partial charge on any atom is 0.182 e. The summed E-state index contributed by atoms with van der Waals surface area (Å²) in [5.41, 5.74) is 6.97. The van der Waals surface area contributed by atoms with Crippen molar-refractivity contribution in [2.24, 2.45) is 0 Å². The van der Waals surface area contributed by atoms with Gasteiger partial charge >= 0.3 is 0 Å². The Morgan fingerprint density at radius 2 is 2.26 bits per heavy atom. The van der Waals surface area contributed by atoms with E-state index in [2.05, 4.69) is 20.7 Å². The van der Waals surface area contributed by atoms with E-state index < -0.39 is 9.84 Å². The van der Waals surface area contributed by atoms with E-state index in [0.717, 1.165) is 31.0 Å². The predicted octanol–water partition coefficient (Wildman–Crippen LogP) is 1.75. The molecule has 0 saturated heterocycles. The van der Waals surface area contributed by atoms with E-state index >= 15 is 0 Å². The second-order valence-electron chi connectivity index (χ2n) is 4.51. The molecule has 3 heterocycles. The van der Waals surface area contributed by atoms with Crippen LogP contribution >= 0.6 is 22.9 Å². The van der Waals surface area contributed by atoms with Gasteiger partial charge in [-0.2, -0.15) is 4.37 Å². The molecule has 2 aromatic heterocycles. The lowest BCUT2D eigenvalue weighted by Gasteiger charge is -2.27. The Morgan fingerprint density at radius 1 is 1.47 bits per heavy atom. The van der Waals surface area contributed by atoms with Gasteiger partial charge in [0.2, 0.25) is 0 Å². The zero-order chi connectivity index (χ0) is 13.6. The molecule has 0 aliphatic carbocycles. The van der Waals surface area contributed by atoms with Gasteiger partial charge in [-0.1, -0.05) is 0 Å². The van der Waals surface area contributed by atoms with Gasteiger partial charge in [-0.25, -0.2) is 8.42 Å². The van der Waals surface area contributed by atoms with E-state index in [9.17, 15) is 8.42 Å². The van der Waals surface area contributed by atoms with Crippen LogP contribution in [0.25, 0.3) is 0 Å². The van der Waals surface area contributed by atoms with Gasteiger partial charge in [0, 0.05) is 24.2 Å². The van der Waals surface area contributed by atoms with Crippen LogP contribution in [-0.2, 0) is 22.8 Å². The Morgan fingerprint density at radius 3 is 3.00 bits per heavy atom. The molecule has 2 aromatic rings. The third kappa shape index (κ3) is 2.24. The first-order valence-electron chi connectivity index (χ1n) is 5.72. The van der Waals surface area contributed by atoms with Crippen molar-refractivity contribution in [2.45, 2.75) is 17.9 Å². The van der Waals surface area contributed by atoms with Crippen molar-refractivity contribution in [2.75, 3.05) is 23.4 Å². The van der Waals surface area contributed by atoms with Crippen LogP contribution in [0.5, 0.6) is 0 Å². The highest BCUT2D eigenvalue weighted by Crippen LogP contribution is 2.37. The van der Waals surface area contributed by atoms with Crippen LogP contribution in [0.2, 0.25) is 0 Å². The smallest absolute Gasteiger partial charge is 0.182 e. The maximum atomic E-state index is 11.8. The van der Waals surface area contributed by atoms with Crippen LogP contribution in [-0.4, -0.2) is 25.6 Å².